The average Bonchev–Trinajstić information content (AvgIpc) is 2.16. The van der Waals surface area contributed by atoms with Crippen molar-refractivity contribution in [2.75, 3.05) is 25.7 Å². The van der Waals surface area contributed by atoms with Gasteiger partial charge in [0.25, 0.3) is 0 Å². The fourth-order valence-electron chi connectivity index (χ4n) is 1.18. The van der Waals surface area contributed by atoms with E-state index in [1.807, 2.05) is 25.1 Å². The van der Waals surface area contributed by atoms with Crippen LogP contribution in [0, 0.1) is 0 Å². The number of nitrogens with zero attached hydrogens (tertiary/aromatic N) is 1. The SMILES string of the molecule is CN(C)c1ccc(C(N)CF)c(Cl)c1. The van der Waals surface area contributed by atoms with E-state index in [1.165, 1.54) is 0 Å². The van der Waals surface area contributed by atoms with E-state index in [2.05, 4.69) is 0 Å². The van der Waals surface area contributed by atoms with E-state index >= 15 is 0 Å². The van der Waals surface area contributed by atoms with E-state index < -0.39 is 12.7 Å². The monoisotopic (exact) mass is 216 g/mol. The molecule has 78 valence electrons. The third-order valence-electron chi connectivity index (χ3n) is 2.07. The maximum atomic E-state index is 12.3. The van der Waals surface area contributed by atoms with Gasteiger partial charge in [-0.25, -0.2) is 4.39 Å². The summed E-state index contributed by atoms with van der Waals surface area (Å²) in [6, 6.07) is 4.80. The highest BCUT2D eigenvalue weighted by molar-refractivity contribution is 6.31. The van der Waals surface area contributed by atoms with Crippen LogP contribution >= 0.6 is 11.6 Å². The lowest BCUT2D eigenvalue weighted by molar-refractivity contribution is 0.437. The van der Waals surface area contributed by atoms with Gasteiger partial charge in [0, 0.05) is 24.8 Å². The molecule has 2 N–H and O–H groups in total. The molecular formula is C10H14ClFN2. The van der Waals surface area contributed by atoms with Crippen molar-refractivity contribution in [2.24, 2.45) is 5.73 Å². The van der Waals surface area contributed by atoms with E-state index in [4.69, 9.17) is 17.3 Å². The summed E-state index contributed by atoms with van der Waals surface area (Å²) in [5.41, 5.74) is 7.18. The Labute approximate surface area is 88.5 Å². The van der Waals surface area contributed by atoms with Crippen LogP contribution in [0.3, 0.4) is 0 Å². The van der Waals surface area contributed by atoms with Gasteiger partial charge in [-0.05, 0) is 17.7 Å². The fourth-order valence-corrected chi connectivity index (χ4v) is 1.49. The van der Waals surface area contributed by atoms with Crippen LogP contribution in [0.1, 0.15) is 11.6 Å². The topological polar surface area (TPSA) is 29.3 Å². The van der Waals surface area contributed by atoms with Gasteiger partial charge in [0.05, 0.1) is 6.04 Å². The second kappa shape index (κ2) is 4.62. The first-order valence-electron chi connectivity index (χ1n) is 4.34. The Morgan fingerprint density at radius 1 is 1.50 bits per heavy atom. The molecule has 2 nitrogen and oxygen atoms in total. The molecule has 0 saturated carbocycles. The summed E-state index contributed by atoms with van der Waals surface area (Å²) in [6.07, 6.45) is 0. The van der Waals surface area contributed by atoms with Crippen molar-refractivity contribution in [1.82, 2.24) is 0 Å². The second-order valence-corrected chi connectivity index (χ2v) is 3.77. The molecule has 0 radical (unpaired) electrons. The quantitative estimate of drug-likeness (QED) is 0.841. The normalized spacial score (nSPS) is 12.6. The zero-order valence-electron chi connectivity index (χ0n) is 8.30. The van der Waals surface area contributed by atoms with E-state index in [0.717, 1.165) is 5.69 Å². The van der Waals surface area contributed by atoms with Crippen LogP contribution in [0.15, 0.2) is 18.2 Å². The summed E-state index contributed by atoms with van der Waals surface area (Å²) in [5, 5.41) is 0.515. The second-order valence-electron chi connectivity index (χ2n) is 3.36. The molecule has 0 aromatic heterocycles. The number of halogens is 2. The first-order valence-corrected chi connectivity index (χ1v) is 4.72. The third-order valence-corrected chi connectivity index (χ3v) is 2.39. The van der Waals surface area contributed by atoms with Crippen LogP contribution in [0.5, 0.6) is 0 Å². The van der Waals surface area contributed by atoms with Crippen LogP contribution in [-0.2, 0) is 0 Å². The Hall–Kier alpha value is -0.800. The number of hydrogen-bond acceptors (Lipinski definition) is 2. The van der Waals surface area contributed by atoms with Crippen molar-refractivity contribution in [2.45, 2.75) is 6.04 Å². The summed E-state index contributed by atoms with van der Waals surface area (Å²) < 4.78 is 12.3. The molecule has 1 unspecified atom stereocenters. The number of hydrogen-bond donors (Lipinski definition) is 1. The van der Waals surface area contributed by atoms with Gasteiger partial charge in [-0.3, -0.25) is 0 Å². The largest absolute Gasteiger partial charge is 0.378 e. The molecule has 0 amide bonds. The number of alkyl halides is 1. The Kier molecular flexibility index (Phi) is 3.72. The van der Waals surface area contributed by atoms with Crippen LogP contribution in [0.2, 0.25) is 5.02 Å². The van der Waals surface area contributed by atoms with Gasteiger partial charge in [-0.2, -0.15) is 0 Å². The standard InChI is InChI=1S/C10H14ClFN2/c1-14(2)7-3-4-8(9(11)5-7)10(13)6-12/h3-5,10H,6,13H2,1-2H3. The highest BCUT2D eigenvalue weighted by Gasteiger charge is 2.10. The van der Waals surface area contributed by atoms with Gasteiger partial charge >= 0.3 is 0 Å². The molecule has 1 aromatic carbocycles. The van der Waals surface area contributed by atoms with Crippen LogP contribution in [0.4, 0.5) is 10.1 Å². The molecule has 0 aliphatic carbocycles. The number of rotatable bonds is 3. The molecule has 0 saturated heterocycles. The predicted octanol–water partition coefficient (Wildman–Crippen LogP) is 2.38. The zero-order valence-corrected chi connectivity index (χ0v) is 9.05. The third kappa shape index (κ3) is 2.36. The minimum atomic E-state index is -0.626. The Morgan fingerprint density at radius 2 is 2.14 bits per heavy atom. The van der Waals surface area contributed by atoms with Crippen molar-refractivity contribution in [3.05, 3.63) is 28.8 Å². The molecular weight excluding hydrogens is 203 g/mol. The number of anilines is 1. The zero-order chi connectivity index (χ0) is 10.7. The highest BCUT2D eigenvalue weighted by Crippen LogP contribution is 2.26. The fraction of sp³-hybridized carbons (Fsp3) is 0.400. The maximum Gasteiger partial charge on any atom is 0.109 e. The smallest absolute Gasteiger partial charge is 0.109 e. The minimum absolute atomic E-state index is 0.515. The number of benzene rings is 1. The van der Waals surface area contributed by atoms with Gasteiger partial charge in [-0.1, -0.05) is 17.7 Å². The van der Waals surface area contributed by atoms with Gasteiger partial charge in [0.15, 0.2) is 0 Å². The van der Waals surface area contributed by atoms with Crippen molar-refractivity contribution >= 4 is 17.3 Å². The van der Waals surface area contributed by atoms with Gasteiger partial charge in [-0.15, -0.1) is 0 Å². The van der Waals surface area contributed by atoms with Crippen molar-refractivity contribution in [3.8, 4) is 0 Å². The van der Waals surface area contributed by atoms with Crippen LogP contribution < -0.4 is 10.6 Å². The number of nitrogens with two attached hydrogens (primary N) is 1. The summed E-state index contributed by atoms with van der Waals surface area (Å²) in [4.78, 5) is 1.93. The molecule has 0 heterocycles. The lowest BCUT2D eigenvalue weighted by atomic mass is 10.1. The van der Waals surface area contributed by atoms with Crippen molar-refractivity contribution in [3.63, 3.8) is 0 Å². The van der Waals surface area contributed by atoms with E-state index in [0.29, 0.717) is 10.6 Å². The van der Waals surface area contributed by atoms with Gasteiger partial charge in [0.1, 0.15) is 6.67 Å². The molecule has 0 bridgehead atoms. The van der Waals surface area contributed by atoms with E-state index in [1.54, 1.807) is 12.1 Å². The van der Waals surface area contributed by atoms with Crippen LogP contribution in [-0.4, -0.2) is 20.8 Å². The molecule has 0 aliphatic rings. The predicted molar refractivity (Wildman–Crippen MR) is 58.7 cm³/mol. The van der Waals surface area contributed by atoms with E-state index in [9.17, 15) is 4.39 Å². The van der Waals surface area contributed by atoms with Crippen molar-refractivity contribution in [1.29, 1.82) is 0 Å². The van der Waals surface area contributed by atoms with Gasteiger partial charge < -0.3 is 10.6 Å². The van der Waals surface area contributed by atoms with E-state index in [-0.39, 0.29) is 0 Å². The Balaban J connectivity index is 3.01. The molecule has 14 heavy (non-hydrogen) atoms. The summed E-state index contributed by atoms with van der Waals surface area (Å²) >= 11 is 5.97. The molecule has 0 fully saturated rings. The maximum absolute atomic E-state index is 12.3. The molecule has 0 aliphatic heterocycles. The van der Waals surface area contributed by atoms with Crippen LogP contribution in [0.25, 0.3) is 0 Å². The molecule has 4 heteroatoms. The first kappa shape index (κ1) is 11.3. The minimum Gasteiger partial charge on any atom is -0.378 e. The summed E-state index contributed by atoms with van der Waals surface area (Å²) in [6.45, 7) is -0.596. The lowest BCUT2D eigenvalue weighted by Gasteiger charge is -2.16. The summed E-state index contributed by atoms with van der Waals surface area (Å²) in [5.74, 6) is 0. The van der Waals surface area contributed by atoms with Crippen molar-refractivity contribution < 1.29 is 4.39 Å². The van der Waals surface area contributed by atoms with Gasteiger partial charge in [0.2, 0.25) is 0 Å². The summed E-state index contributed by atoms with van der Waals surface area (Å²) in [7, 11) is 3.83. The first-order chi connectivity index (χ1) is 6.56. The average molecular weight is 217 g/mol. The molecule has 1 atom stereocenters. The molecule has 0 spiro atoms. The lowest BCUT2D eigenvalue weighted by Crippen LogP contribution is -2.14. The Morgan fingerprint density at radius 3 is 2.57 bits per heavy atom. The molecule has 1 rings (SSSR count). The highest BCUT2D eigenvalue weighted by atomic mass is 35.5. The Bertz CT molecular complexity index is 315. The molecule has 1 aromatic rings.